The van der Waals surface area contributed by atoms with E-state index < -0.39 is 0 Å². The second-order valence-electron chi connectivity index (χ2n) is 4.45. The molecule has 2 N–H and O–H groups in total. The molecule has 0 aliphatic carbocycles. The number of hydrogen-bond donors (Lipinski definition) is 1. The molecule has 0 fully saturated rings. The van der Waals surface area contributed by atoms with E-state index in [1.807, 2.05) is 42.5 Å². The van der Waals surface area contributed by atoms with Crippen molar-refractivity contribution in [2.24, 2.45) is 5.73 Å². The van der Waals surface area contributed by atoms with Crippen molar-refractivity contribution in [2.45, 2.75) is 13.2 Å². The van der Waals surface area contributed by atoms with Crippen molar-refractivity contribution in [1.29, 1.82) is 0 Å². The fourth-order valence-electron chi connectivity index (χ4n) is 2.12. The Kier molecular flexibility index (Phi) is 3.92. The molecule has 0 bridgehead atoms. The fraction of sp³-hybridized carbons (Fsp3) is 0.125. The molecule has 1 aromatic heterocycles. The standard InChI is InChI=1S/C16H14ClNOS/c17-15-7-8-16(14-4-2-1-3-13(14)15)19-10-12-6-5-11(9-18)20-12/h1-8H,9-10,18H2. The van der Waals surface area contributed by atoms with E-state index in [1.165, 1.54) is 9.75 Å². The quantitative estimate of drug-likeness (QED) is 0.765. The molecule has 0 aliphatic rings. The lowest BCUT2D eigenvalue weighted by Gasteiger charge is -2.09. The minimum absolute atomic E-state index is 0.552. The second kappa shape index (κ2) is 5.83. The topological polar surface area (TPSA) is 35.2 Å². The van der Waals surface area contributed by atoms with E-state index >= 15 is 0 Å². The van der Waals surface area contributed by atoms with Crippen LogP contribution in [0.2, 0.25) is 5.02 Å². The number of thiophene rings is 1. The zero-order valence-corrected chi connectivity index (χ0v) is 12.4. The van der Waals surface area contributed by atoms with Crippen molar-refractivity contribution >= 4 is 33.7 Å². The molecule has 2 aromatic carbocycles. The molecule has 0 unspecified atom stereocenters. The summed E-state index contributed by atoms with van der Waals surface area (Å²) in [5.74, 6) is 0.854. The molecule has 0 saturated heterocycles. The first-order chi connectivity index (χ1) is 9.78. The van der Waals surface area contributed by atoms with Gasteiger partial charge in [-0.1, -0.05) is 35.9 Å². The highest BCUT2D eigenvalue weighted by Crippen LogP contribution is 2.32. The van der Waals surface area contributed by atoms with E-state index in [0.717, 1.165) is 21.5 Å². The minimum Gasteiger partial charge on any atom is -0.487 e. The summed E-state index contributed by atoms with van der Waals surface area (Å²) >= 11 is 7.89. The van der Waals surface area contributed by atoms with Crippen LogP contribution in [0.1, 0.15) is 9.75 Å². The van der Waals surface area contributed by atoms with Gasteiger partial charge in [0.2, 0.25) is 0 Å². The summed E-state index contributed by atoms with van der Waals surface area (Å²) in [5.41, 5.74) is 5.62. The van der Waals surface area contributed by atoms with Gasteiger partial charge in [0.25, 0.3) is 0 Å². The van der Waals surface area contributed by atoms with Gasteiger partial charge in [-0.25, -0.2) is 0 Å². The molecular weight excluding hydrogens is 290 g/mol. The van der Waals surface area contributed by atoms with Gasteiger partial charge in [-0.3, -0.25) is 0 Å². The Bertz CT molecular complexity index is 738. The molecule has 3 aromatic rings. The smallest absolute Gasteiger partial charge is 0.127 e. The number of nitrogens with two attached hydrogens (primary N) is 1. The molecule has 0 aliphatic heterocycles. The number of benzene rings is 2. The van der Waals surface area contributed by atoms with Crippen LogP contribution in [0.15, 0.2) is 48.5 Å². The maximum Gasteiger partial charge on any atom is 0.127 e. The summed E-state index contributed by atoms with van der Waals surface area (Å²) in [7, 11) is 0. The molecule has 102 valence electrons. The maximum atomic E-state index is 6.20. The molecule has 0 saturated carbocycles. The number of fused-ring (bicyclic) bond motifs is 1. The van der Waals surface area contributed by atoms with Crippen molar-refractivity contribution < 1.29 is 4.74 Å². The summed E-state index contributed by atoms with van der Waals surface area (Å²) in [5, 5.41) is 2.80. The predicted molar refractivity (Wildman–Crippen MR) is 85.5 cm³/mol. The largest absolute Gasteiger partial charge is 0.487 e. The molecule has 0 amide bonds. The molecule has 2 nitrogen and oxygen atoms in total. The van der Waals surface area contributed by atoms with Gasteiger partial charge in [-0.05, 0) is 24.3 Å². The summed E-state index contributed by atoms with van der Waals surface area (Å²) in [6.45, 7) is 1.13. The van der Waals surface area contributed by atoms with Gasteiger partial charge in [-0.2, -0.15) is 0 Å². The van der Waals surface area contributed by atoms with Gasteiger partial charge in [0.15, 0.2) is 0 Å². The number of halogens is 1. The van der Waals surface area contributed by atoms with Crippen molar-refractivity contribution in [2.75, 3.05) is 0 Å². The van der Waals surface area contributed by atoms with Crippen molar-refractivity contribution in [3.8, 4) is 5.75 Å². The molecular formula is C16H14ClNOS. The normalized spacial score (nSPS) is 10.9. The van der Waals surface area contributed by atoms with E-state index in [9.17, 15) is 0 Å². The predicted octanol–water partition coefficient (Wildman–Crippen LogP) is 4.59. The lowest BCUT2D eigenvalue weighted by molar-refractivity contribution is 0.313. The van der Waals surface area contributed by atoms with Crippen LogP contribution in [0.5, 0.6) is 5.75 Å². The van der Waals surface area contributed by atoms with Gasteiger partial charge in [0, 0.05) is 32.1 Å². The van der Waals surface area contributed by atoms with Crippen LogP contribution in [-0.2, 0) is 13.2 Å². The highest BCUT2D eigenvalue weighted by Gasteiger charge is 2.06. The molecule has 0 radical (unpaired) electrons. The molecule has 1 heterocycles. The molecule has 4 heteroatoms. The summed E-state index contributed by atoms with van der Waals surface area (Å²) in [4.78, 5) is 2.34. The summed E-state index contributed by atoms with van der Waals surface area (Å²) in [6.07, 6.45) is 0. The lowest BCUT2D eigenvalue weighted by Crippen LogP contribution is -1.94. The highest BCUT2D eigenvalue weighted by atomic mass is 35.5. The number of rotatable bonds is 4. The van der Waals surface area contributed by atoms with Crippen LogP contribution in [0.4, 0.5) is 0 Å². The number of hydrogen-bond acceptors (Lipinski definition) is 3. The van der Waals surface area contributed by atoms with Crippen LogP contribution in [0, 0.1) is 0 Å². The Morgan fingerprint density at radius 2 is 1.70 bits per heavy atom. The first-order valence-corrected chi connectivity index (χ1v) is 7.55. The first-order valence-electron chi connectivity index (χ1n) is 6.35. The van der Waals surface area contributed by atoms with Crippen molar-refractivity contribution in [1.82, 2.24) is 0 Å². The van der Waals surface area contributed by atoms with E-state index in [2.05, 4.69) is 6.07 Å². The lowest BCUT2D eigenvalue weighted by atomic mass is 10.1. The third-order valence-corrected chi connectivity index (χ3v) is 4.53. The van der Waals surface area contributed by atoms with Crippen LogP contribution in [0.3, 0.4) is 0 Å². The van der Waals surface area contributed by atoms with E-state index in [1.54, 1.807) is 11.3 Å². The van der Waals surface area contributed by atoms with Crippen molar-refractivity contribution in [3.63, 3.8) is 0 Å². The van der Waals surface area contributed by atoms with Crippen LogP contribution in [0.25, 0.3) is 10.8 Å². The average Bonchev–Trinajstić information content (AvgIpc) is 2.95. The van der Waals surface area contributed by atoms with Crippen LogP contribution >= 0.6 is 22.9 Å². The fourth-order valence-corrected chi connectivity index (χ4v) is 3.16. The Labute approximate surface area is 126 Å². The summed E-state index contributed by atoms with van der Waals surface area (Å²) < 4.78 is 5.93. The van der Waals surface area contributed by atoms with Gasteiger partial charge in [-0.15, -0.1) is 11.3 Å². The Balaban J connectivity index is 1.86. The first kappa shape index (κ1) is 13.4. The van der Waals surface area contributed by atoms with Crippen LogP contribution < -0.4 is 10.5 Å². The van der Waals surface area contributed by atoms with E-state index in [4.69, 9.17) is 22.1 Å². The second-order valence-corrected chi connectivity index (χ2v) is 6.11. The van der Waals surface area contributed by atoms with Crippen molar-refractivity contribution in [3.05, 3.63) is 63.3 Å². The third-order valence-electron chi connectivity index (χ3n) is 3.12. The van der Waals surface area contributed by atoms with Crippen LogP contribution in [-0.4, -0.2) is 0 Å². The van der Waals surface area contributed by atoms with Gasteiger partial charge >= 0.3 is 0 Å². The maximum absolute atomic E-state index is 6.20. The highest BCUT2D eigenvalue weighted by molar-refractivity contribution is 7.11. The minimum atomic E-state index is 0.552. The van der Waals surface area contributed by atoms with Gasteiger partial charge < -0.3 is 10.5 Å². The Morgan fingerprint density at radius 1 is 0.950 bits per heavy atom. The summed E-state index contributed by atoms with van der Waals surface area (Å²) in [6, 6.07) is 15.9. The number of ether oxygens (including phenoxy) is 1. The third kappa shape index (κ3) is 2.66. The molecule has 3 rings (SSSR count). The average molecular weight is 304 g/mol. The van der Waals surface area contributed by atoms with Gasteiger partial charge in [0.1, 0.15) is 12.4 Å². The van der Waals surface area contributed by atoms with E-state index in [0.29, 0.717) is 13.2 Å². The van der Waals surface area contributed by atoms with E-state index in [-0.39, 0.29) is 0 Å². The zero-order chi connectivity index (χ0) is 13.9. The molecule has 0 spiro atoms. The SMILES string of the molecule is NCc1ccc(COc2ccc(Cl)c3ccccc23)s1. The Morgan fingerprint density at radius 3 is 2.45 bits per heavy atom. The van der Waals surface area contributed by atoms with Gasteiger partial charge in [0.05, 0.1) is 0 Å². The zero-order valence-electron chi connectivity index (χ0n) is 10.8. The monoisotopic (exact) mass is 303 g/mol. The Hall–Kier alpha value is -1.55. The molecule has 20 heavy (non-hydrogen) atoms. The molecule has 0 atom stereocenters.